The molecule has 0 bridgehead atoms. The molecular formula is C20H16Br2N4O4. The van der Waals surface area contributed by atoms with E-state index < -0.39 is 11.8 Å². The summed E-state index contributed by atoms with van der Waals surface area (Å²) in [6.07, 6.45) is 0. The Morgan fingerprint density at radius 2 is 1.07 bits per heavy atom. The molecule has 2 heterocycles. The third kappa shape index (κ3) is 5.55. The van der Waals surface area contributed by atoms with E-state index in [1.165, 1.54) is 0 Å². The molecule has 2 N–H and O–H groups in total. The predicted octanol–water partition coefficient (Wildman–Crippen LogP) is 4.71. The third-order valence-electron chi connectivity index (χ3n) is 3.96. The highest BCUT2D eigenvalue weighted by Crippen LogP contribution is 2.15. The van der Waals surface area contributed by atoms with Crippen LogP contribution in [0.2, 0.25) is 0 Å². The van der Waals surface area contributed by atoms with E-state index in [4.69, 9.17) is 8.83 Å². The molecule has 3 rings (SSSR count). The molecule has 0 saturated carbocycles. The molecule has 2 aromatic heterocycles. The summed E-state index contributed by atoms with van der Waals surface area (Å²) in [5.41, 5.74) is 7.77. The molecule has 3 aromatic rings. The second kappa shape index (κ2) is 9.68. The SMILES string of the molecule is C/C(=N/NC(=O)c1ccc(Br)o1)c1ccc(/C(C)=N\NC(=O)c2ccc(Br)o2)cc1. The molecule has 30 heavy (non-hydrogen) atoms. The maximum Gasteiger partial charge on any atom is 0.307 e. The van der Waals surface area contributed by atoms with Gasteiger partial charge in [-0.3, -0.25) is 9.59 Å². The fourth-order valence-corrected chi connectivity index (χ4v) is 2.95. The van der Waals surface area contributed by atoms with Crippen LogP contribution >= 0.6 is 31.9 Å². The van der Waals surface area contributed by atoms with Crippen LogP contribution in [0.4, 0.5) is 0 Å². The van der Waals surface area contributed by atoms with Gasteiger partial charge in [0.1, 0.15) is 0 Å². The number of carbonyl (C=O) groups excluding carboxylic acids is 2. The zero-order valence-corrected chi connectivity index (χ0v) is 19.1. The molecule has 0 aliphatic heterocycles. The zero-order valence-electron chi connectivity index (χ0n) is 15.9. The Labute approximate surface area is 188 Å². The number of nitrogens with one attached hydrogen (secondary N) is 2. The summed E-state index contributed by atoms with van der Waals surface area (Å²) in [4.78, 5) is 24.0. The van der Waals surface area contributed by atoms with E-state index in [9.17, 15) is 9.59 Å². The van der Waals surface area contributed by atoms with Gasteiger partial charge < -0.3 is 8.83 Å². The van der Waals surface area contributed by atoms with Crippen molar-refractivity contribution in [1.29, 1.82) is 0 Å². The number of hydrogen-bond acceptors (Lipinski definition) is 6. The van der Waals surface area contributed by atoms with Crippen LogP contribution in [0, 0.1) is 0 Å². The zero-order chi connectivity index (χ0) is 21.7. The van der Waals surface area contributed by atoms with Gasteiger partial charge in [-0.25, -0.2) is 10.9 Å². The molecule has 0 aliphatic rings. The number of hydrogen-bond donors (Lipinski definition) is 2. The van der Waals surface area contributed by atoms with Crippen LogP contribution in [-0.2, 0) is 0 Å². The monoisotopic (exact) mass is 534 g/mol. The lowest BCUT2D eigenvalue weighted by molar-refractivity contribution is 0.0918. The average molecular weight is 536 g/mol. The van der Waals surface area contributed by atoms with Crippen molar-refractivity contribution in [2.24, 2.45) is 10.2 Å². The van der Waals surface area contributed by atoms with Crippen LogP contribution in [0.3, 0.4) is 0 Å². The van der Waals surface area contributed by atoms with E-state index in [0.29, 0.717) is 20.8 Å². The van der Waals surface area contributed by atoms with Crippen molar-refractivity contribution in [2.75, 3.05) is 0 Å². The summed E-state index contributed by atoms with van der Waals surface area (Å²) in [6.45, 7) is 3.55. The number of hydrazone groups is 2. The van der Waals surface area contributed by atoms with Gasteiger partial charge in [0.2, 0.25) is 0 Å². The van der Waals surface area contributed by atoms with Crippen LogP contribution in [0.15, 0.2) is 76.9 Å². The van der Waals surface area contributed by atoms with Crippen LogP contribution < -0.4 is 10.9 Å². The van der Waals surface area contributed by atoms with Gasteiger partial charge in [0.05, 0.1) is 11.4 Å². The highest BCUT2D eigenvalue weighted by atomic mass is 79.9. The van der Waals surface area contributed by atoms with Crippen molar-refractivity contribution in [2.45, 2.75) is 13.8 Å². The fraction of sp³-hybridized carbons (Fsp3) is 0.100. The minimum absolute atomic E-state index is 0.157. The lowest BCUT2D eigenvalue weighted by Gasteiger charge is -2.05. The van der Waals surface area contributed by atoms with Crippen LogP contribution in [0.25, 0.3) is 0 Å². The Bertz CT molecular complexity index is 1040. The maximum absolute atomic E-state index is 12.0. The summed E-state index contributed by atoms with van der Waals surface area (Å²) >= 11 is 6.29. The molecule has 0 unspecified atom stereocenters. The topological polar surface area (TPSA) is 109 Å². The highest BCUT2D eigenvalue weighted by Gasteiger charge is 2.11. The molecule has 0 spiro atoms. The number of halogens is 2. The molecule has 0 radical (unpaired) electrons. The van der Waals surface area contributed by atoms with Crippen molar-refractivity contribution in [1.82, 2.24) is 10.9 Å². The lowest BCUT2D eigenvalue weighted by atomic mass is 10.1. The normalized spacial score (nSPS) is 12.0. The van der Waals surface area contributed by atoms with Gasteiger partial charge in [-0.05, 0) is 81.1 Å². The summed E-state index contributed by atoms with van der Waals surface area (Å²) < 4.78 is 11.3. The largest absolute Gasteiger partial charge is 0.444 e. The minimum atomic E-state index is -0.445. The van der Waals surface area contributed by atoms with E-state index in [0.717, 1.165) is 11.1 Å². The molecule has 8 nitrogen and oxygen atoms in total. The molecule has 154 valence electrons. The van der Waals surface area contributed by atoms with Gasteiger partial charge in [0, 0.05) is 0 Å². The van der Waals surface area contributed by atoms with Crippen LogP contribution in [0.5, 0.6) is 0 Å². The summed E-state index contributed by atoms with van der Waals surface area (Å²) in [7, 11) is 0. The third-order valence-corrected chi connectivity index (χ3v) is 4.82. The van der Waals surface area contributed by atoms with Gasteiger partial charge in [0.25, 0.3) is 0 Å². The average Bonchev–Trinajstić information content (AvgIpc) is 3.38. The second-order valence-electron chi connectivity index (χ2n) is 6.06. The van der Waals surface area contributed by atoms with Crippen molar-refractivity contribution in [3.63, 3.8) is 0 Å². The van der Waals surface area contributed by atoms with E-state index in [2.05, 4.69) is 52.9 Å². The number of furan rings is 2. The quantitative estimate of drug-likeness (QED) is 0.352. The Hall–Kier alpha value is -2.98. The Morgan fingerprint density at radius 3 is 1.37 bits per heavy atom. The minimum Gasteiger partial charge on any atom is -0.444 e. The Balaban J connectivity index is 1.61. The molecule has 0 atom stereocenters. The number of benzene rings is 1. The molecular weight excluding hydrogens is 520 g/mol. The van der Waals surface area contributed by atoms with Crippen molar-refractivity contribution in [3.05, 3.63) is 80.5 Å². The summed E-state index contributed by atoms with van der Waals surface area (Å²) in [6, 6.07) is 13.7. The molecule has 2 amide bonds. The number of carbonyl (C=O) groups is 2. The Kier molecular flexibility index (Phi) is 7.01. The second-order valence-corrected chi connectivity index (χ2v) is 7.62. The van der Waals surface area contributed by atoms with Crippen LogP contribution in [-0.4, -0.2) is 23.2 Å². The van der Waals surface area contributed by atoms with E-state index in [1.54, 1.807) is 38.1 Å². The summed E-state index contributed by atoms with van der Waals surface area (Å²) in [5, 5.41) is 8.18. The molecule has 10 heteroatoms. The number of nitrogens with zero attached hydrogens (tertiary/aromatic N) is 2. The number of rotatable bonds is 6. The van der Waals surface area contributed by atoms with Gasteiger partial charge >= 0.3 is 11.8 Å². The van der Waals surface area contributed by atoms with E-state index >= 15 is 0 Å². The van der Waals surface area contributed by atoms with Crippen LogP contribution in [0.1, 0.15) is 46.1 Å². The fourth-order valence-electron chi connectivity index (χ4n) is 2.33. The Morgan fingerprint density at radius 1 is 0.700 bits per heavy atom. The predicted molar refractivity (Wildman–Crippen MR) is 119 cm³/mol. The maximum atomic E-state index is 12.0. The van der Waals surface area contributed by atoms with Crippen molar-refractivity contribution < 1.29 is 18.4 Å². The van der Waals surface area contributed by atoms with E-state index in [-0.39, 0.29) is 11.5 Å². The molecule has 1 aromatic carbocycles. The van der Waals surface area contributed by atoms with Gasteiger partial charge in [-0.1, -0.05) is 24.3 Å². The first-order valence-electron chi connectivity index (χ1n) is 8.64. The first kappa shape index (κ1) is 21.7. The summed E-state index contributed by atoms with van der Waals surface area (Å²) in [5.74, 6) is -0.577. The molecule has 0 aliphatic carbocycles. The van der Waals surface area contributed by atoms with Gasteiger partial charge in [-0.2, -0.15) is 10.2 Å². The van der Waals surface area contributed by atoms with Gasteiger partial charge in [-0.15, -0.1) is 0 Å². The molecule has 0 fully saturated rings. The van der Waals surface area contributed by atoms with Crippen molar-refractivity contribution in [3.8, 4) is 0 Å². The smallest absolute Gasteiger partial charge is 0.307 e. The van der Waals surface area contributed by atoms with Crippen molar-refractivity contribution >= 4 is 55.1 Å². The van der Waals surface area contributed by atoms with Gasteiger partial charge in [0.15, 0.2) is 20.9 Å². The lowest BCUT2D eigenvalue weighted by Crippen LogP contribution is -2.19. The highest BCUT2D eigenvalue weighted by molar-refractivity contribution is 9.10. The first-order chi connectivity index (χ1) is 14.3. The number of amides is 2. The van der Waals surface area contributed by atoms with E-state index in [1.807, 2.05) is 24.3 Å². The standard InChI is InChI=1S/C20H16Br2N4O4/c1-11(23-25-19(27)15-7-9-17(21)29-15)13-3-5-14(6-4-13)12(2)24-26-20(28)16-8-10-18(22)30-16/h3-10H,1-2H3,(H,25,27)(H,26,28)/b23-11-,24-12-. The first-order valence-corrected chi connectivity index (χ1v) is 10.2. The molecule has 0 saturated heterocycles.